The fraction of sp³-hybridized carbons (Fsp3) is 0.333. The number of halogens is 1. The normalized spacial score (nSPS) is 13.0. The quantitative estimate of drug-likeness (QED) is 0.476. The Balaban J connectivity index is 2.57. The van der Waals surface area contributed by atoms with Gasteiger partial charge >= 0.3 is 0 Å². The monoisotopic (exact) mass is 349 g/mol. The van der Waals surface area contributed by atoms with Crippen molar-refractivity contribution in [2.24, 2.45) is 0 Å². The molecule has 1 unspecified atom stereocenters. The molecule has 0 fully saturated rings. The van der Waals surface area contributed by atoms with Crippen molar-refractivity contribution >= 4 is 6.08 Å². The van der Waals surface area contributed by atoms with Crippen molar-refractivity contribution in [2.45, 2.75) is 38.5 Å². The maximum Gasteiger partial charge on any atom is 0.123 e. The van der Waals surface area contributed by atoms with Crippen molar-refractivity contribution < 1.29 is 4.39 Å². The molecule has 2 aromatic rings. The SMILES string of the molecule is C#CC(CCCNCC)(c1ccc(F)cc1)c1ccc(C=C)cc1CC. The summed E-state index contributed by atoms with van der Waals surface area (Å²) in [6.07, 6.45) is 10.6. The Bertz CT molecular complexity index is 770. The smallest absolute Gasteiger partial charge is 0.123 e. The molecule has 1 atom stereocenters. The van der Waals surface area contributed by atoms with E-state index in [1.807, 2.05) is 18.2 Å². The van der Waals surface area contributed by atoms with Gasteiger partial charge in [0.2, 0.25) is 0 Å². The molecule has 0 bridgehead atoms. The molecule has 26 heavy (non-hydrogen) atoms. The van der Waals surface area contributed by atoms with E-state index < -0.39 is 5.41 Å². The Hall–Kier alpha value is -2.37. The molecule has 0 spiro atoms. The van der Waals surface area contributed by atoms with E-state index in [0.29, 0.717) is 0 Å². The molecule has 0 aromatic heterocycles. The maximum atomic E-state index is 13.5. The lowest BCUT2D eigenvalue weighted by Crippen LogP contribution is -2.29. The van der Waals surface area contributed by atoms with E-state index in [1.54, 1.807) is 0 Å². The number of nitrogens with one attached hydrogen (secondary N) is 1. The van der Waals surface area contributed by atoms with Crippen molar-refractivity contribution in [3.05, 3.63) is 77.1 Å². The highest BCUT2D eigenvalue weighted by molar-refractivity contribution is 5.56. The Morgan fingerprint density at radius 2 is 1.92 bits per heavy atom. The predicted molar refractivity (Wildman–Crippen MR) is 110 cm³/mol. The van der Waals surface area contributed by atoms with Crippen molar-refractivity contribution in [1.82, 2.24) is 5.32 Å². The van der Waals surface area contributed by atoms with Gasteiger partial charge in [-0.15, -0.1) is 6.42 Å². The Kier molecular flexibility index (Phi) is 7.18. The Morgan fingerprint density at radius 1 is 1.19 bits per heavy atom. The van der Waals surface area contributed by atoms with Gasteiger partial charge in [-0.3, -0.25) is 0 Å². The summed E-state index contributed by atoms with van der Waals surface area (Å²) in [5.41, 5.74) is 3.85. The van der Waals surface area contributed by atoms with Crippen LogP contribution >= 0.6 is 0 Å². The summed E-state index contributed by atoms with van der Waals surface area (Å²) in [7, 11) is 0. The molecule has 2 heteroatoms. The van der Waals surface area contributed by atoms with Crippen LogP contribution in [0.3, 0.4) is 0 Å². The number of benzene rings is 2. The van der Waals surface area contributed by atoms with E-state index in [-0.39, 0.29) is 5.82 Å². The van der Waals surface area contributed by atoms with Gasteiger partial charge in [0, 0.05) is 0 Å². The molecular formula is C24H28FN. The number of rotatable bonds is 9. The zero-order chi connectivity index (χ0) is 19.0. The number of hydrogen-bond acceptors (Lipinski definition) is 1. The van der Waals surface area contributed by atoms with Crippen molar-refractivity contribution in [1.29, 1.82) is 0 Å². The molecule has 0 radical (unpaired) electrons. The van der Waals surface area contributed by atoms with Crippen molar-refractivity contribution in [2.75, 3.05) is 13.1 Å². The Labute approximate surface area is 157 Å². The van der Waals surface area contributed by atoms with E-state index >= 15 is 0 Å². The van der Waals surface area contributed by atoms with Crippen LogP contribution in [0.25, 0.3) is 6.08 Å². The topological polar surface area (TPSA) is 12.0 Å². The maximum absolute atomic E-state index is 13.5. The zero-order valence-electron chi connectivity index (χ0n) is 15.8. The fourth-order valence-corrected chi connectivity index (χ4v) is 3.51. The van der Waals surface area contributed by atoms with Gasteiger partial charge in [0.05, 0.1) is 5.41 Å². The largest absolute Gasteiger partial charge is 0.317 e. The lowest BCUT2D eigenvalue weighted by Gasteiger charge is -2.32. The molecule has 2 aromatic carbocycles. The second-order valence-corrected chi connectivity index (χ2v) is 6.49. The summed E-state index contributed by atoms with van der Waals surface area (Å²) in [6, 6.07) is 13.0. The molecule has 136 valence electrons. The minimum Gasteiger partial charge on any atom is -0.317 e. The fourth-order valence-electron chi connectivity index (χ4n) is 3.51. The van der Waals surface area contributed by atoms with E-state index in [9.17, 15) is 4.39 Å². The Morgan fingerprint density at radius 3 is 2.50 bits per heavy atom. The molecule has 0 aliphatic heterocycles. The number of terminal acetylenes is 1. The molecule has 0 saturated heterocycles. The standard InChI is InChI=1S/C24H28FN/c1-5-19-10-15-23(20(6-2)18-19)24(7-3,16-9-17-26-8-4)21-11-13-22(25)14-12-21/h3,5,10-15,18,26H,1,6,8-9,16-17H2,2,4H3. The second kappa shape index (κ2) is 9.36. The van der Waals surface area contributed by atoms with Crippen molar-refractivity contribution in [3.8, 4) is 12.3 Å². The van der Waals surface area contributed by atoms with Crippen LogP contribution in [-0.4, -0.2) is 13.1 Å². The van der Waals surface area contributed by atoms with E-state index in [1.165, 1.54) is 17.7 Å². The summed E-state index contributed by atoms with van der Waals surface area (Å²) in [6.45, 7) is 9.94. The van der Waals surface area contributed by atoms with Gasteiger partial charge in [-0.2, -0.15) is 0 Å². The first-order valence-electron chi connectivity index (χ1n) is 9.31. The van der Waals surface area contributed by atoms with Gasteiger partial charge in [0.1, 0.15) is 5.82 Å². The van der Waals surface area contributed by atoms with Gasteiger partial charge in [-0.1, -0.05) is 62.8 Å². The summed E-state index contributed by atoms with van der Waals surface area (Å²) >= 11 is 0. The molecule has 0 aliphatic carbocycles. The van der Waals surface area contributed by atoms with Crippen LogP contribution in [0.1, 0.15) is 48.9 Å². The third kappa shape index (κ3) is 4.23. The predicted octanol–water partition coefficient (Wildman–Crippen LogP) is 5.34. The molecular weight excluding hydrogens is 321 g/mol. The van der Waals surface area contributed by atoms with Gasteiger partial charge in [0.25, 0.3) is 0 Å². The first-order chi connectivity index (χ1) is 12.6. The molecule has 2 rings (SSSR count). The third-order valence-electron chi connectivity index (χ3n) is 4.94. The van der Waals surface area contributed by atoms with Gasteiger partial charge < -0.3 is 5.32 Å². The first kappa shape index (κ1) is 19.9. The summed E-state index contributed by atoms with van der Waals surface area (Å²) < 4.78 is 13.5. The van der Waals surface area contributed by atoms with Crippen LogP contribution in [0.5, 0.6) is 0 Å². The van der Waals surface area contributed by atoms with Gasteiger partial charge in [-0.05, 0) is 66.7 Å². The highest BCUT2D eigenvalue weighted by atomic mass is 19.1. The van der Waals surface area contributed by atoms with E-state index in [0.717, 1.165) is 49.0 Å². The van der Waals surface area contributed by atoms with Gasteiger partial charge in [-0.25, -0.2) is 4.39 Å². The molecule has 0 heterocycles. The minimum absolute atomic E-state index is 0.245. The van der Waals surface area contributed by atoms with Crippen LogP contribution in [0.4, 0.5) is 4.39 Å². The summed E-state index contributed by atoms with van der Waals surface area (Å²) in [4.78, 5) is 0. The molecule has 0 saturated carbocycles. The summed E-state index contributed by atoms with van der Waals surface area (Å²) in [5, 5.41) is 3.36. The van der Waals surface area contributed by atoms with E-state index in [4.69, 9.17) is 6.42 Å². The van der Waals surface area contributed by atoms with Crippen LogP contribution in [0.2, 0.25) is 0 Å². The molecule has 0 aliphatic rings. The second-order valence-electron chi connectivity index (χ2n) is 6.49. The first-order valence-corrected chi connectivity index (χ1v) is 9.31. The highest BCUT2D eigenvalue weighted by Crippen LogP contribution is 2.39. The molecule has 0 amide bonds. The van der Waals surface area contributed by atoms with Crippen molar-refractivity contribution in [3.63, 3.8) is 0 Å². The third-order valence-corrected chi connectivity index (χ3v) is 4.94. The van der Waals surface area contributed by atoms with Crippen LogP contribution in [-0.2, 0) is 11.8 Å². The van der Waals surface area contributed by atoms with E-state index in [2.05, 4.69) is 49.9 Å². The van der Waals surface area contributed by atoms with Crippen LogP contribution in [0.15, 0.2) is 49.0 Å². The van der Waals surface area contributed by atoms with Gasteiger partial charge in [0.15, 0.2) is 0 Å². The molecule has 1 N–H and O–H groups in total. The highest BCUT2D eigenvalue weighted by Gasteiger charge is 2.33. The minimum atomic E-state index is -0.561. The number of hydrogen-bond donors (Lipinski definition) is 1. The lowest BCUT2D eigenvalue weighted by molar-refractivity contribution is 0.537. The lowest BCUT2D eigenvalue weighted by atomic mass is 9.70. The molecule has 1 nitrogen and oxygen atoms in total. The number of aryl methyl sites for hydroxylation is 1. The summed E-state index contributed by atoms with van der Waals surface area (Å²) in [5.74, 6) is 2.84. The average molecular weight is 349 g/mol. The zero-order valence-corrected chi connectivity index (χ0v) is 15.8. The van der Waals surface area contributed by atoms with Crippen LogP contribution in [0, 0.1) is 18.2 Å². The average Bonchev–Trinajstić information content (AvgIpc) is 2.69. The van der Waals surface area contributed by atoms with Crippen LogP contribution < -0.4 is 5.32 Å².